The van der Waals surface area contributed by atoms with Gasteiger partial charge in [-0.1, -0.05) is 25.1 Å². The maximum atomic E-state index is 11.1. The van der Waals surface area contributed by atoms with Crippen LogP contribution in [0.15, 0.2) is 18.2 Å². The Labute approximate surface area is 85.3 Å². The van der Waals surface area contributed by atoms with Crippen molar-refractivity contribution in [1.82, 2.24) is 5.32 Å². The van der Waals surface area contributed by atoms with E-state index in [9.17, 15) is 4.79 Å². The number of amides is 1. The predicted molar refractivity (Wildman–Crippen MR) is 55.7 cm³/mol. The van der Waals surface area contributed by atoms with Crippen LogP contribution in [0.3, 0.4) is 0 Å². The normalized spacial score (nSPS) is 11.6. The molecule has 74 valence electrons. The monoisotopic (exact) mass is 189 g/mol. The summed E-state index contributed by atoms with van der Waals surface area (Å²) in [5.41, 5.74) is 1.08. The smallest absolute Gasteiger partial charge is 0.219 e. The summed E-state index contributed by atoms with van der Waals surface area (Å²) in [6.07, 6.45) is 1.35. The lowest BCUT2D eigenvalue weighted by Crippen LogP contribution is -2.33. The molecule has 0 fully saturated rings. The van der Waals surface area contributed by atoms with Gasteiger partial charge in [-0.15, -0.1) is 0 Å². The van der Waals surface area contributed by atoms with Crippen molar-refractivity contribution in [3.05, 3.63) is 35.9 Å². The van der Waals surface area contributed by atoms with Crippen LogP contribution in [0.4, 0.5) is 0 Å². The van der Waals surface area contributed by atoms with E-state index in [1.54, 1.807) is 0 Å². The van der Waals surface area contributed by atoms with E-state index >= 15 is 0 Å². The first-order chi connectivity index (χ1) is 6.72. The van der Waals surface area contributed by atoms with Crippen molar-refractivity contribution in [2.75, 3.05) is 0 Å². The lowest BCUT2D eigenvalue weighted by molar-refractivity contribution is -0.121. The van der Waals surface area contributed by atoms with Crippen LogP contribution in [0.5, 0.6) is 0 Å². The summed E-state index contributed by atoms with van der Waals surface area (Å²) in [6, 6.07) is 11.8. The van der Waals surface area contributed by atoms with Gasteiger partial charge in [-0.25, -0.2) is 0 Å². The second-order valence-electron chi connectivity index (χ2n) is 3.35. The molecule has 1 aromatic rings. The van der Waals surface area contributed by atoms with Gasteiger partial charge in [0.05, 0.1) is 0 Å². The van der Waals surface area contributed by atoms with Crippen molar-refractivity contribution in [3.8, 4) is 0 Å². The van der Waals surface area contributed by atoms with Gasteiger partial charge in [-0.2, -0.15) is 0 Å². The largest absolute Gasteiger partial charge is 0.353 e. The highest BCUT2D eigenvalue weighted by atomic mass is 16.1. The molecule has 0 spiro atoms. The Morgan fingerprint density at radius 1 is 1.64 bits per heavy atom. The van der Waals surface area contributed by atoms with Gasteiger partial charge < -0.3 is 5.32 Å². The fraction of sp³-hybridized carbons (Fsp3) is 0.417. The average molecular weight is 189 g/mol. The fourth-order valence-electron chi connectivity index (χ4n) is 1.27. The molecule has 2 nitrogen and oxygen atoms in total. The van der Waals surface area contributed by atoms with E-state index in [0.717, 1.165) is 12.0 Å². The molecule has 1 amide bonds. The molecule has 14 heavy (non-hydrogen) atoms. The highest BCUT2D eigenvalue weighted by molar-refractivity contribution is 5.75. The van der Waals surface area contributed by atoms with Crippen LogP contribution in [-0.2, 0) is 11.2 Å². The quantitative estimate of drug-likeness (QED) is 0.768. The summed E-state index contributed by atoms with van der Waals surface area (Å²) >= 11 is 0. The Kier molecular flexibility index (Phi) is 4.00. The van der Waals surface area contributed by atoms with Crippen LogP contribution in [-0.4, -0.2) is 11.9 Å². The summed E-state index contributed by atoms with van der Waals surface area (Å²) in [7, 11) is 0. The predicted octanol–water partition coefficient (Wildman–Crippen LogP) is 1.74. The topological polar surface area (TPSA) is 29.1 Å². The van der Waals surface area contributed by atoms with Gasteiger partial charge in [0.2, 0.25) is 5.91 Å². The van der Waals surface area contributed by atoms with Crippen molar-refractivity contribution in [2.24, 2.45) is 0 Å². The zero-order chi connectivity index (χ0) is 10.4. The van der Waals surface area contributed by atoms with Crippen molar-refractivity contribution >= 4 is 5.91 Å². The average Bonchev–Trinajstić information content (AvgIpc) is 2.19. The lowest BCUT2D eigenvalue weighted by atomic mass is 10.1. The maximum Gasteiger partial charge on any atom is 0.219 e. The molecular weight excluding hydrogens is 174 g/mol. The van der Waals surface area contributed by atoms with Gasteiger partial charge in [-0.3, -0.25) is 4.79 Å². The van der Waals surface area contributed by atoms with Gasteiger partial charge in [-0.05, 0) is 19.1 Å². The second kappa shape index (κ2) is 5.29. The van der Waals surface area contributed by atoms with Crippen LogP contribution in [0.2, 0.25) is 0 Å². The third-order valence-electron chi connectivity index (χ3n) is 1.96. The first-order valence-electron chi connectivity index (χ1n) is 4.89. The summed E-state index contributed by atoms with van der Waals surface area (Å²) in [5, 5.41) is 2.91. The van der Waals surface area contributed by atoms with E-state index in [0.29, 0.717) is 6.42 Å². The van der Waals surface area contributed by atoms with E-state index in [4.69, 9.17) is 0 Å². The van der Waals surface area contributed by atoms with Crippen LogP contribution in [0, 0.1) is 12.1 Å². The van der Waals surface area contributed by atoms with E-state index in [1.165, 1.54) is 0 Å². The summed E-state index contributed by atoms with van der Waals surface area (Å²) in [6.45, 7) is 3.85. The molecule has 0 radical (unpaired) electrons. The van der Waals surface area contributed by atoms with E-state index < -0.39 is 0 Å². The Morgan fingerprint density at radius 3 is 3.00 bits per heavy atom. The molecule has 1 atom stereocenters. The van der Waals surface area contributed by atoms with E-state index in [2.05, 4.69) is 17.4 Å². The zero-order valence-corrected chi connectivity index (χ0v) is 8.63. The SMILES string of the molecule is CCC(=O)NC(C)Cc1c#cccc1. The van der Waals surface area contributed by atoms with Gasteiger partial charge in [0, 0.05) is 24.4 Å². The van der Waals surface area contributed by atoms with Crippen LogP contribution in [0.1, 0.15) is 25.8 Å². The molecule has 1 rings (SSSR count). The van der Waals surface area contributed by atoms with E-state index in [1.807, 2.05) is 32.0 Å². The molecular formula is C12H15NO. The first-order valence-corrected chi connectivity index (χ1v) is 4.89. The van der Waals surface area contributed by atoms with Crippen LogP contribution >= 0.6 is 0 Å². The van der Waals surface area contributed by atoms with Gasteiger partial charge in [0.1, 0.15) is 0 Å². The molecule has 1 N–H and O–H groups in total. The van der Waals surface area contributed by atoms with Crippen molar-refractivity contribution < 1.29 is 4.79 Å². The standard InChI is InChI=1S/C12H15NO/c1-3-12(14)13-10(2)9-11-7-5-4-6-8-11/h4-5,7,10H,3,9H2,1-2H3,(H,13,14). The minimum atomic E-state index is 0.0948. The number of hydrogen-bond acceptors (Lipinski definition) is 1. The van der Waals surface area contributed by atoms with Crippen molar-refractivity contribution in [3.63, 3.8) is 0 Å². The third-order valence-corrected chi connectivity index (χ3v) is 1.96. The van der Waals surface area contributed by atoms with Crippen molar-refractivity contribution in [1.29, 1.82) is 0 Å². The molecule has 0 saturated heterocycles. The molecule has 0 aliphatic carbocycles. The molecule has 0 aromatic heterocycles. The maximum absolute atomic E-state index is 11.1. The molecule has 0 saturated carbocycles. The number of hydrogen-bond donors (Lipinski definition) is 1. The minimum Gasteiger partial charge on any atom is -0.353 e. The molecule has 1 unspecified atom stereocenters. The Morgan fingerprint density at radius 2 is 2.43 bits per heavy atom. The highest BCUT2D eigenvalue weighted by Crippen LogP contribution is 1.99. The third kappa shape index (κ3) is 3.49. The summed E-state index contributed by atoms with van der Waals surface area (Å²) < 4.78 is 0. The number of carbonyl (C=O) groups excluding carboxylic acids is 1. The number of nitrogens with one attached hydrogen (secondary N) is 1. The van der Waals surface area contributed by atoms with E-state index in [-0.39, 0.29) is 11.9 Å². The number of carbonyl (C=O) groups is 1. The van der Waals surface area contributed by atoms with Gasteiger partial charge in [0.15, 0.2) is 0 Å². The zero-order valence-electron chi connectivity index (χ0n) is 8.63. The molecule has 0 aliphatic rings. The molecule has 2 heteroatoms. The lowest BCUT2D eigenvalue weighted by Gasteiger charge is -2.11. The highest BCUT2D eigenvalue weighted by Gasteiger charge is 2.05. The first kappa shape index (κ1) is 10.6. The van der Waals surface area contributed by atoms with Crippen molar-refractivity contribution in [2.45, 2.75) is 32.7 Å². The Bertz CT molecular complexity index is 282. The van der Waals surface area contributed by atoms with Gasteiger partial charge in [0.25, 0.3) is 0 Å². The van der Waals surface area contributed by atoms with Crippen LogP contribution in [0.25, 0.3) is 0 Å². The minimum absolute atomic E-state index is 0.0948. The van der Waals surface area contributed by atoms with Crippen LogP contribution < -0.4 is 5.32 Å². The summed E-state index contributed by atoms with van der Waals surface area (Å²) in [4.78, 5) is 11.1. The molecule has 0 bridgehead atoms. The Hall–Kier alpha value is -1.49. The molecule has 0 aliphatic heterocycles. The molecule has 0 heterocycles. The Balaban J connectivity index is 2.41. The second-order valence-corrected chi connectivity index (χ2v) is 3.35. The van der Waals surface area contributed by atoms with Gasteiger partial charge >= 0.3 is 0 Å². The molecule has 1 aromatic carbocycles. The number of rotatable bonds is 4. The summed E-state index contributed by atoms with van der Waals surface area (Å²) in [5.74, 6) is 0.0948. The fourth-order valence-corrected chi connectivity index (χ4v) is 1.27.